The van der Waals surface area contributed by atoms with Gasteiger partial charge in [0, 0.05) is 19.1 Å². The van der Waals surface area contributed by atoms with Gasteiger partial charge in [0.05, 0.1) is 12.1 Å². The number of rotatable bonds is 2. The highest BCUT2D eigenvalue weighted by atomic mass is 15.4. The summed E-state index contributed by atoms with van der Waals surface area (Å²) < 4.78 is 0. The molecule has 3 aliphatic rings. The number of aliphatic imine (C=N–C) groups is 1. The Balaban J connectivity index is 1.57. The van der Waals surface area contributed by atoms with Crippen LogP contribution in [0.5, 0.6) is 0 Å². The number of hydrogen-bond acceptors (Lipinski definition) is 4. The van der Waals surface area contributed by atoms with Gasteiger partial charge >= 0.3 is 0 Å². The van der Waals surface area contributed by atoms with Crippen molar-refractivity contribution in [2.75, 3.05) is 19.6 Å². The number of guanidine groups is 1. The first-order valence-electron chi connectivity index (χ1n) is 8.12. The van der Waals surface area contributed by atoms with Crippen LogP contribution in [0.15, 0.2) is 35.3 Å². The maximum atomic E-state index is 6.23. The zero-order valence-corrected chi connectivity index (χ0v) is 12.5. The molecule has 4 heteroatoms. The molecule has 0 aromatic heterocycles. The van der Waals surface area contributed by atoms with Crippen LogP contribution < -0.4 is 5.73 Å². The zero-order chi connectivity index (χ0) is 14.3. The third-order valence-electron chi connectivity index (χ3n) is 5.55. The zero-order valence-electron chi connectivity index (χ0n) is 12.5. The van der Waals surface area contributed by atoms with E-state index >= 15 is 0 Å². The van der Waals surface area contributed by atoms with E-state index in [1.165, 1.54) is 44.3 Å². The topological polar surface area (TPSA) is 44.9 Å². The fourth-order valence-corrected chi connectivity index (χ4v) is 4.36. The number of nitrogens with zero attached hydrogens (tertiary/aromatic N) is 3. The molecule has 4 nitrogen and oxygen atoms in total. The molecule has 2 N–H and O–H groups in total. The lowest BCUT2D eigenvalue weighted by Gasteiger charge is -2.47. The Bertz CT molecular complexity index is 541. The van der Waals surface area contributed by atoms with Gasteiger partial charge in [-0.05, 0) is 37.8 Å². The van der Waals surface area contributed by atoms with Crippen LogP contribution in [-0.4, -0.2) is 47.0 Å². The summed E-state index contributed by atoms with van der Waals surface area (Å²) >= 11 is 0. The Labute approximate surface area is 126 Å². The minimum absolute atomic E-state index is 0.172. The molecule has 0 amide bonds. The Morgan fingerprint density at radius 1 is 1.24 bits per heavy atom. The molecular formula is C17H24N4. The van der Waals surface area contributed by atoms with Crippen molar-refractivity contribution >= 4 is 5.96 Å². The normalized spacial score (nSPS) is 32.5. The van der Waals surface area contributed by atoms with Gasteiger partial charge in [-0.2, -0.15) is 0 Å². The fraction of sp³-hybridized carbons (Fsp3) is 0.588. The predicted octanol–water partition coefficient (Wildman–Crippen LogP) is 1.81. The highest BCUT2D eigenvalue weighted by Crippen LogP contribution is 2.40. The highest BCUT2D eigenvalue weighted by molar-refractivity contribution is 5.81. The Morgan fingerprint density at radius 3 is 2.95 bits per heavy atom. The molecule has 112 valence electrons. The van der Waals surface area contributed by atoms with Gasteiger partial charge in [0.15, 0.2) is 5.96 Å². The number of piperidine rings is 1. The fourth-order valence-electron chi connectivity index (χ4n) is 4.36. The van der Waals surface area contributed by atoms with Crippen molar-refractivity contribution < 1.29 is 0 Å². The Morgan fingerprint density at radius 2 is 2.10 bits per heavy atom. The third kappa shape index (κ3) is 2.22. The van der Waals surface area contributed by atoms with Gasteiger partial charge in [-0.15, -0.1) is 0 Å². The lowest BCUT2D eigenvalue weighted by atomic mass is 9.82. The molecule has 1 aromatic carbocycles. The summed E-state index contributed by atoms with van der Waals surface area (Å²) in [5.74, 6) is 0.741. The number of nitrogens with two attached hydrogens (primary N) is 1. The molecule has 0 aliphatic carbocycles. The molecule has 0 saturated carbocycles. The third-order valence-corrected chi connectivity index (χ3v) is 5.55. The minimum Gasteiger partial charge on any atom is -0.370 e. The molecule has 2 saturated heterocycles. The molecule has 2 atom stereocenters. The van der Waals surface area contributed by atoms with Gasteiger partial charge in [-0.3, -0.25) is 4.99 Å². The molecule has 21 heavy (non-hydrogen) atoms. The van der Waals surface area contributed by atoms with Gasteiger partial charge in [0.1, 0.15) is 0 Å². The average Bonchev–Trinajstić information content (AvgIpc) is 3.08. The van der Waals surface area contributed by atoms with E-state index in [2.05, 4.69) is 45.1 Å². The highest BCUT2D eigenvalue weighted by Gasteiger charge is 2.48. The van der Waals surface area contributed by atoms with Crippen LogP contribution in [-0.2, 0) is 6.54 Å². The van der Waals surface area contributed by atoms with Crippen molar-refractivity contribution in [3.8, 4) is 0 Å². The largest absolute Gasteiger partial charge is 0.370 e. The lowest BCUT2D eigenvalue weighted by Crippen LogP contribution is -2.58. The van der Waals surface area contributed by atoms with E-state index in [1.807, 2.05) is 0 Å². The maximum absolute atomic E-state index is 6.23. The summed E-state index contributed by atoms with van der Waals surface area (Å²) in [6.07, 6.45) is 5.13. The smallest absolute Gasteiger partial charge is 0.192 e. The van der Waals surface area contributed by atoms with Crippen LogP contribution >= 0.6 is 0 Å². The van der Waals surface area contributed by atoms with E-state index in [1.54, 1.807) is 0 Å². The Hall–Kier alpha value is -1.55. The van der Waals surface area contributed by atoms with Crippen molar-refractivity contribution in [3.05, 3.63) is 35.9 Å². The summed E-state index contributed by atoms with van der Waals surface area (Å²) in [7, 11) is 0. The van der Waals surface area contributed by atoms with Crippen LogP contribution in [0.2, 0.25) is 0 Å². The van der Waals surface area contributed by atoms with Crippen molar-refractivity contribution in [1.82, 2.24) is 9.80 Å². The molecular weight excluding hydrogens is 260 g/mol. The SMILES string of the molecule is NC1=NCC2(CCN3CCCC3C2)N1Cc1ccccc1. The van der Waals surface area contributed by atoms with Crippen molar-refractivity contribution in [3.63, 3.8) is 0 Å². The first-order valence-corrected chi connectivity index (χ1v) is 8.12. The molecule has 2 fully saturated rings. The van der Waals surface area contributed by atoms with E-state index < -0.39 is 0 Å². The minimum atomic E-state index is 0.172. The van der Waals surface area contributed by atoms with Crippen LogP contribution in [0.3, 0.4) is 0 Å². The van der Waals surface area contributed by atoms with Gasteiger partial charge < -0.3 is 15.5 Å². The van der Waals surface area contributed by atoms with Crippen LogP contribution in [0, 0.1) is 0 Å². The first-order chi connectivity index (χ1) is 10.3. The summed E-state index contributed by atoms with van der Waals surface area (Å²) in [5.41, 5.74) is 7.73. The van der Waals surface area contributed by atoms with Gasteiger partial charge in [0.25, 0.3) is 0 Å². The van der Waals surface area contributed by atoms with Crippen molar-refractivity contribution in [1.29, 1.82) is 0 Å². The summed E-state index contributed by atoms with van der Waals surface area (Å²) in [6, 6.07) is 11.4. The van der Waals surface area contributed by atoms with Crippen LogP contribution in [0.4, 0.5) is 0 Å². The standard InChI is InChI=1S/C17H24N4/c18-16-19-13-17(8-10-20-9-4-7-15(20)11-17)21(16)12-14-5-2-1-3-6-14/h1-3,5-6,15H,4,7-13H2,(H2,18,19). The van der Waals surface area contributed by atoms with Crippen molar-refractivity contribution in [2.24, 2.45) is 10.7 Å². The first kappa shape index (κ1) is 13.1. The quantitative estimate of drug-likeness (QED) is 0.901. The molecule has 3 aliphatic heterocycles. The number of fused-ring (bicyclic) bond motifs is 1. The second-order valence-corrected chi connectivity index (χ2v) is 6.76. The summed E-state index contributed by atoms with van der Waals surface area (Å²) in [4.78, 5) is 9.66. The molecule has 0 bridgehead atoms. The summed E-state index contributed by atoms with van der Waals surface area (Å²) in [5, 5.41) is 0. The number of benzene rings is 1. The molecule has 4 rings (SSSR count). The van der Waals surface area contributed by atoms with Crippen LogP contribution in [0.25, 0.3) is 0 Å². The predicted molar refractivity (Wildman–Crippen MR) is 85.0 cm³/mol. The monoisotopic (exact) mass is 284 g/mol. The maximum Gasteiger partial charge on any atom is 0.192 e. The number of hydrogen-bond donors (Lipinski definition) is 1. The molecule has 2 unspecified atom stereocenters. The van der Waals surface area contributed by atoms with Crippen LogP contribution in [0.1, 0.15) is 31.2 Å². The van der Waals surface area contributed by atoms with E-state index in [4.69, 9.17) is 5.73 Å². The second kappa shape index (κ2) is 5.02. The van der Waals surface area contributed by atoms with E-state index in [-0.39, 0.29) is 5.54 Å². The van der Waals surface area contributed by atoms with Gasteiger partial charge in [-0.1, -0.05) is 30.3 Å². The second-order valence-electron chi connectivity index (χ2n) is 6.76. The molecule has 0 radical (unpaired) electrons. The molecule has 1 spiro atoms. The van der Waals surface area contributed by atoms with E-state index in [9.17, 15) is 0 Å². The summed E-state index contributed by atoms with van der Waals surface area (Å²) in [6.45, 7) is 4.27. The van der Waals surface area contributed by atoms with Gasteiger partial charge in [-0.25, -0.2) is 0 Å². The van der Waals surface area contributed by atoms with Gasteiger partial charge in [0.2, 0.25) is 0 Å². The Kier molecular flexibility index (Phi) is 3.14. The van der Waals surface area contributed by atoms with Crippen molar-refractivity contribution in [2.45, 2.75) is 43.8 Å². The average molecular weight is 284 g/mol. The molecule has 3 heterocycles. The lowest BCUT2D eigenvalue weighted by molar-refractivity contribution is 0.0593. The van der Waals surface area contributed by atoms with E-state index in [0.29, 0.717) is 0 Å². The van der Waals surface area contributed by atoms with E-state index in [0.717, 1.165) is 25.1 Å². The molecule has 1 aromatic rings.